The quantitative estimate of drug-likeness (QED) is 0.486. The number of carbonyl (C=O) groups is 2. The van der Waals surface area contributed by atoms with Crippen LogP contribution in [0.25, 0.3) is 10.6 Å². The van der Waals surface area contributed by atoms with Gasteiger partial charge < -0.3 is 4.90 Å². The van der Waals surface area contributed by atoms with Gasteiger partial charge >= 0.3 is 0 Å². The maximum atomic E-state index is 12.9. The molecule has 1 atom stereocenters. The zero-order valence-electron chi connectivity index (χ0n) is 15.4. The van der Waals surface area contributed by atoms with Gasteiger partial charge in [0.1, 0.15) is 11.0 Å². The van der Waals surface area contributed by atoms with Crippen molar-refractivity contribution in [2.24, 2.45) is 0 Å². The van der Waals surface area contributed by atoms with Crippen molar-refractivity contribution in [3.05, 3.63) is 62.5 Å². The van der Waals surface area contributed by atoms with Crippen molar-refractivity contribution in [2.45, 2.75) is 18.9 Å². The molecule has 1 N–H and O–H groups in total. The van der Waals surface area contributed by atoms with Gasteiger partial charge in [-0.2, -0.15) is 0 Å². The van der Waals surface area contributed by atoms with E-state index < -0.39 is 6.04 Å². The summed E-state index contributed by atoms with van der Waals surface area (Å²) < 4.78 is 0.934. The summed E-state index contributed by atoms with van der Waals surface area (Å²) >= 11 is 16.7. The van der Waals surface area contributed by atoms with Crippen LogP contribution in [0.15, 0.2) is 46.9 Å². The number of likely N-dealkylation sites (tertiary alicyclic amines) is 1. The van der Waals surface area contributed by atoms with Crippen LogP contribution in [0.1, 0.15) is 23.2 Å². The molecule has 1 fully saturated rings. The normalized spacial score (nSPS) is 16.0. The molecule has 30 heavy (non-hydrogen) atoms. The molecule has 1 saturated heterocycles. The van der Waals surface area contributed by atoms with E-state index >= 15 is 0 Å². The highest BCUT2D eigenvalue weighted by atomic mass is 79.9. The maximum absolute atomic E-state index is 12.9. The van der Waals surface area contributed by atoms with E-state index in [0.29, 0.717) is 38.7 Å². The van der Waals surface area contributed by atoms with Crippen LogP contribution in [0.5, 0.6) is 0 Å². The Labute approximate surface area is 195 Å². The Hall–Kier alpha value is -2.00. The monoisotopic (exact) mass is 524 g/mol. The molecule has 0 saturated carbocycles. The van der Waals surface area contributed by atoms with E-state index in [4.69, 9.17) is 23.2 Å². The number of hydrogen-bond donors (Lipinski definition) is 1. The second-order valence-electron chi connectivity index (χ2n) is 6.70. The van der Waals surface area contributed by atoms with Crippen molar-refractivity contribution in [3.63, 3.8) is 0 Å². The highest BCUT2D eigenvalue weighted by molar-refractivity contribution is 9.10. The molecule has 0 aliphatic carbocycles. The molecule has 1 aromatic heterocycles. The predicted octanol–water partition coefficient (Wildman–Crippen LogP) is 5.52. The average Bonchev–Trinajstić information content (AvgIpc) is 3.39. The second kappa shape index (κ2) is 9.01. The van der Waals surface area contributed by atoms with Crippen molar-refractivity contribution < 1.29 is 9.59 Å². The lowest BCUT2D eigenvalue weighted by molar-refractivity contribution is -0.119. The fourth-order valence-corrected chi connectivity index (χ4v) is 4.72. The van der Waals surface area contributed by atoms with E-state index in [2.05, 4.69) is 31.4 Å². The summed E-state index contributed by atoms with van der Waals surface area (Å²) in [4.78, 5) is 27.3. The van der Waals surface area contributed by atoms with Crippen LogP contribution in [-0.4, -0.2) is 39.5 Å². The fraction of sp³-hybridized carbons (Fsp3) is 0.200. The second-order valence-corrected chi connectivity index (χ2v) is 9.41. The minimum Gasteiger partial charge on any atom is -0.327 e. The zero-order chi connectivity index (χ0) is 21.3. The lowest BCUT2D eigenvalue weighted by atomic mass is 10.1. The van der Waals surface area contributed by atoms with Crippen LogP contribution >= 0.6 is 50.5 Å². The smallest absolute Gasteiger partial charge is 0.254 e. The Morgan fingerprint density at radius 2 is 1.97 bits per heavy atom. The third-order valence-corrected chi connectivity index (χ3v) is 6.83. The van der Waals surface area contributed by atoms with Gasteiger partial charge in [-0.25, -0.2) is 0 Å². The first-order valence-electron chi connectivity index (χ1n) is 9.09. The van der Waals surface area contributed by atoms with Crippen molar-refractivity contribution in [2.75, 3.05) is 11.9 Å². The van der Waals surface area contributed by atoms with Crippen LogP contribution in [0.2, 0.25) is 10.0 Å². The topological polar surface area (TPSA) is 75.2 Å². The summed E-state index contributed by atoms with van der Waals surface area (Å²) in [5, 5.41) is 12.8. The number of nitrogens with one attached hydrogen (secondary N) is 1. The molecule has 1 aliphatic heterocycles. The number of aromatic nitrogens is 2. The Balaban J connectivity index is 1.47. The molecular formula is C20H15BrCl2N4O2S. The van der Waals surface area contributed by atoms with E-state index in [-0.39, 0.29) is 11.8 Å². The third-order valence-electron chi connectivity index (χ3n) is 4.71. The van der Waals surface area contributed by atoms with Crippen LogP contribution in [0, 0.1) is 0 Å². The summed E-state index contributed by atoms with van der Waals surface area (Å²) in [7, 11) is 0. The van der Waals surface area contributed by atoms with Gasteiger partial charge in [0, 0.05) is 22.1 Å². The first-order chi connectivity index (χ1) is 14.4. The Bertz CT molecular complexity index is 1120. The van der Waals surface area contributed by atoms with Crippen molar-refractivity contribution in [3.8, 4) is 10.6 Å². The first-order valence-corrected chi connectivity index (χ1v) is 11.5. The van der Waals surface area contributed by atoms with E-state index in [1.54, 1.807) is 17.0 Å². The van der Waals surface area contributed by atoms with Crippen LogP contribution in [-0.2, 0) is 4.79 Å². The van der Waals surface area contributed by atoms with Crippen molar-refractivity contribution >= 4 is 67.4 Å². The Kier molecular flexibility index (Phi) is 6.38. The average molecular weight is 526 g/mol. The lowest BCUT2D eigenvalue weighted by Gasteiger charge is -2.23. The molecule has 3 aromatic rings. The Morgan fingerprint density at radius 1 is 1.13 bits per heavy atom. The van der Waals surface area contributed by atoms with Crippen molar-refractivity contribution in [1.82, 2.24) is 15.1 Å². The van der Waals surface area contributed by atoms with E-state index in [1.165, 1.54) is 17.4 Å². The lowest BCUT2D eigenvalue weighted by Crippen LogP contribution is -2.43. The largest absolute Gasteiger partial charge is 0.327 e. The number of rotatable bonds is 4. The summed E-state index contributed by atoms with van der Waals surface area (Å²) in [6, 6.07) is 11.8. The van der Waals surface area contributed by atoms with Gasteiger partial charge in [-0.15, -0.1) is 10.2 Å². The van der Waals surface area contributed by atoms with Gasteiger partial charge in [-0.05, 0) is 43.2 Å². The molecule has 6 nitrogen and oxygen atoms in total. The van der Waals surface area contributed by atoms with Crippen LogP contribution in [0.3, 0.4) is 0 Å². The van der Waals surface area contributed by atoms with Gasteiger partial charge in [-0.1, -0.05) is 62.6 Å². The molecule has 2 heterocycles. The molecule has 2 amide bonds. The highest BCUT2D eigenvalue weighted by Gasteiger charge is 2.35. The third kappa shape index (κ3) is 4.51. The van der Waals surface area contributed by atoms with Crippen LogP contribution < -0.4 is 5.32 Å². The fourth-order valence-electron chi connectivity index (χ4n) is 3.28. The molecule has 0 bridgehead atoms. The van der Waals surface area contributed by atoms with Gasteiger partial charge in [-0.3, -0.25) is 14.9 Å². The van der Waals surface area contributed by atoms with Gasteiger partial charge in [0.25, 0.3) is 5.91 Å². The summed E-state index contributed by atoms with van der Waals surface area (Å²) in [6.07, 6.45) is 1.32. The molecule has 10 heteroatoms. The molecule has 2 aromatic carbocycles. The SMILES string of the molecule is O=C(Nc1nnc(-c2cccc(Br)c2)s1)C1CCCN1C(=O)c1ccc(Cl)c(Cl)c1. The molecular weight excluding hydrogens is 511 g/mol. The molecule has 1 unspecified atom stereocenters. The minimum atomic E-state index is -0.579. The number of nitrogens with zero attached hydrogens (tertiary/aromatic N) is 3. The standard InChI is InChI=1S/C20H15BrCl2N4O2S/c21-13-4-1-3-11(9-13)18-25-26-20(30-18)24-17(28)16-5-2-8-27(16)19(29)12-6-7-14(22)15(23)10-12/h1,3-4,6-7,9-10,16H,2,5,8H2,(H,24,26,28). The molecule has 154 valence electrons. The molecule has 0 spiro atoms. The van der Waals surface area contributed by atoms with Gasteiger partial charge in [0.15, 0.2) is 0 Å². The van der Waals surface area contributed by atoms with Gasteiger partial charge in [0.05, 0.1) is 10.0 Å². The molecule has 4 rings (SSSR count). The molecule has 0 radical (unpaired) electrons. The zero-order valence-corrected chi connectivity index (χ0v) is 19.4. The highest BCUT2D eigenvalue weighted by Crippen LogP contribution is 2.30. The summed E-state index contributed by atoms with van der Waals surface area (Å²) in [6.45, 7) is 0.497. The molecule has 1 aliphatic rings. The minimum absolute atomic E-state index is 0.252. The number of benzene rings is 2. The summed E-state index contributed by atoms with van der Waals surface area (Å²) in [5.74, 6) is -0.531. The first kappa shape index (κ1) is 21.2. The number of anilines is 1. The van der Waals surface area contributed by atoms with Crippen LogP contribution in [0.4, 0.5) is 5.13 Å². The predicted molar refractivity (Wildman–Crippen MR) is 122 cm³/mol. The number of carbonyl (C=O) groups excluding carboxylic acids is 2. The number of halogens is 3. The van der Waals surface area contributed by atoms with E-state index in [0.717, 1.165) is 16.5 Å². The van der Waals surface area contributed by atoms with E-state index in [1.807, 2.05) is 24.3 Å². The number of amides is 2. The van der Waals surface area contributed by atoms with Crippen molar-refractivity contribution in [1.29, 1.82) is 0 Å². The van der Waals surface area contributed by atoms with E-state index in [9.17, 15) is 9.59 Å². The number of hydrogen-bond acceptors (Lipinski definition) is 5. The Morgan fingerprint density at radius 3 is 2.73 bits per heavy atom. The van der Waals surface area contributed by atoms with Gasteiger partial charge in [0.2, 0.25) is 11.0 Å². The summed E-state index contributed by atoms with van der Waals surface area (Å²) in [5.41, 5.74) is 1.30. The maximum Gasteiger partial charge on any atom is 0.254 e.